The lowest BCUT2D eigenvalue weighted by molar-refractivity contribution is -0.384. The Morgan fingerprint density at radius 2 is 2.03 bits per heavy atom. The fourth-order valence-corrected chi connectivity index (χ4v) is 3.49. The van der Waals surface area contributed by atoms with E-state index in [2.05, 4.69) is 10.1 Å². The van der Waals surface area contributed by atoms with E-state index in [4.69, 9.17) is 0 Å². The fraction of sp³-hybridized carbons (Fsp3) is 0.263. The Balaban J connectivity index is 1.60. The zero-order valence-corrected chi connectivity index (χ0v) is 16.4. The Kier molecular flexibility index (Phi) is 4.78. The number of rotatable bonds is 5. The third-order valence-corrected chi connectivity index (χ3v) is 5.02. The molecule has 0 bridgehead atoms. The van der Waals surface area contributed by atoms with Crippen molar-refractivity contribution in [3.8, 4) is 0 Å². The van der Waals surface area contributed by atoms with Crippen LogP contribution in [0.4, 0.5) is 17.1 Å². The first-order valence-electron chi connectivity index (χ1n) is 9.19. The van der Waals surface area contributed by atoms with Gasteiger partial charge in [-0.3, -0.25) is 24.4 Å². The third kappa shape index (κ3) is 3.41. The molecule has 11 heteroatoms. The number of amides is 1. The second kappa shape index (κ2) is 7.43. The molecule has 0 atom stereocenters. The number of aryl methyl sites for hydroxylation is 2. The number of imidazole rings is 1. The van der Waals surface area contributed by atoms with E-state index in [0.29, 0.717) is 24.5 Å². The molecule has 4 rings (SSSR count). The van der Waals surface area contributed by atoms with Crippen LogP contribution in [0.1, 0.15) is 16.2 Å². The molecule has 3 heterocycles. The minimum absolute atomic E-state index is 0.0115. The molecule has 0 spiro atoms. The topological polar surface area (TPSA) is 119 Å². The summed E-state index contributed by atoms with van der Waals surface area (Å²) in [4.78, 5) is 43.7. The average molecular weight is 409 g/mol. The standard InChI is InChI=1S/C19H19N7O4/c1-22-6-5-20-19(22)18(28)13-3-4-15(16(9-13)26(29)30)24-7-8-25(17(27)12-24)14-10-21-23(2)11-14/h3-6,9-11H,7-8,12H2,1-2H3. The first kappa shape index (κ1) is 19.3. The molecule has 0 aliphatic carbocycles. The molecule has 11 nitrogen and oxygen atoms in total. The van der Waals surface area contributed by atoms with Crippen LogP contribution in [0.2, 0.25) is 0 Å². The van der Waals surface area contributed by atoms with Crippen LogP contribution in [-0.4, -0.2) is 55.6 Å². The lowest BCUT2D eigenvalue weighted by atomic mass is 10.1. The van der Waals surface area contributed by atoms with Gasteiger partial charge in [0.25, 0.3) is 5.69 Å². The number of benzene rings is 1. The van der Waals surface area contributed by atoms with Gasteiger partial charge in [-0.15, -0.1) is 0 Å². The van der Waals surface area contributed by atoms with E-state index in [1.54, 1.807) is 51.7 Å². The molecule has 0 unspecified atom stereocenters. The molecule has 1 aliphatic rings. The summed E-state index contributed by atoms with van der Waals surface area (Å²) in [6, 6.07) is 4.28. The van der Waals surface area contributed by atoms with Gasteiger partial charge in [0.15, 0.2) is 5.82 Å². The molecule has 1 saturated heterocycles. The van der Waals surface area contributed by atoms with E-state index in [-0.39, 0.29) is 29.5 Å². The van der Waals surface area contributed by atoms with Crippen molar-refractivity contribution in [2.24, 2.45) is 14.1 Å². The number of carbonyl (C=O) groups excluding carboxylic acids is 2. The predicted molar refractivity (Wildman–Crippen MR) is 108 cm³/mol. The first-order valence-corrected chi connectivity index (χ1v) is 9.19. The van der Waals surface area contributed by atoms with Crippen LogP contribution in [0, 0.1) is 10.1 Å². The summed E-state index contributed by atoms with van der Waals surface area (Å²) in [6.45, 7) is 0.770. The maximum Gasteiger partial charge on any atom is 0.293 e. The quantitative estimate of drug-likeness (QED) is 0.352. The molecule has 2 aromatic heterocycles. The van der Waals surface area contributed by atoms with Crippen LogP contribution >= 0.6 is 0 Å². The predicted octanol–water partition coefficient (Wildman–Crippen LogP) is 1.15. The van der Waals surface area contributed by atoms with Crippen molar-refractivity contribution in [3.63, 3.8) is 0 Å². The van der Waals surface area contributed by atoms with Gasteiger partial charge in [0.2, 0.25) is 11.7 Å². The number of hydrogen-bond acceptors (Lipinski definition) is 7. The highest BCUT2D eigenvalue weighted by atomic mass is 16.6. The number of ketones is 1. The van der Waals surface area contributed by atoms with Crippen molar-refractivity contribution in [1.29, 1.82) is 0 Å². The van der Waals surface area contributed by atoms with Gasteiger partial charge in [-0.25, -0.2) is 4.98 Å². The SMILES string of the molecule is Cn1cc(N2CCN(c3ccc(C(=O)c4nccn4C)cc3[N+](=O)[O-])CC2=O)cn1. The van der Waals surface area contributed by atoms with Crippen LogP contribution in [-0.2, 0) is 18.9 Å². The summed E-state index contributed by atoms with van der Waals surface area (Å²) >= 11 is 0. The van der Waals surface area contributed by atoms with Gasteiger partial charge in [0.05, 0.1) is 23.4 Å². The number of anilines is 2. The van der Waals surface area contributed by atoms with E-state index >= 15 is 0 Å². The minimum atomic E-state index is -0.539. The lowest BCUT2D eigenvalue weighted by Crippen LogP contribution is -2.50. The molecule has 0 N–H and O–H groups in total. The Hall–Kier alpha value is -4.02. The van der Waals surface area contributed by atoms with Gasteiger partial charge in [-0.1, -0.05) is 0 Å². The normalized spacial score (nSPS) is 14.3. The highest BCUT2D eigenvalue weighted by Crippen LogP contribution is 2.31. The molecule has 3 aromatic rings. The van der Waals surface area contributed by atoms with Crippen molar-refractivity contribution in [2.45, 2.75) is 0 Å². The number of hydrogen-bond donors (Lipinski definition) is 0. The molecule has 1 aromatic carbocycles. The van der Waals surface area contributed by atoms with Crippen LogP contribution in [0.15, 0.2) is 43.0 Å². The highest BCUT2D eigenvalue weighted by Gasteiger charge is 2.30. The molecule has 154 valence electrons. The fourth-order valence-electron chi connectivity index (χ4n) is 3.49. The van der Waals surface area contributed by atoms with Gasteiger partial charge in [0, 0.05) is 57.4 Å². The number of piperazine rings is 1. The van der Waals surface area contributed by atoms with E-state index < -0.39 is 10.7 Å². The van der Waals surface area contributed by atoms with E-state index in [1.165, 1.54) is 24.4 Å². The number of nitro benzene ring substituents is 1. The van der Waals surface area contributed by atoms with Crippen LogP contribution in [0.5, 0.6) is 0 Å². The maximum atomic E-state index is 12.7. The Morgan fingerprint density at radius 3 is 2.63 bits per heavy atom. The summed E-state index contributed by atoms with van der Waals surface area (Å²) in [5.41, 5.74) is 0.931. The second-order valence-electron chi connectivity index (χ2n) is 6.99. The van der Waals surface area contributed by atoms with E-state index in [0.717, 1.165) is 0 Å². The van der Waals surface area contributed by atoms with Crippen molar-refractivity contribution in [3.05, 3.63) is 64.5 Å². The molecule has 1 aliphatic heterocycles. The molecular formula is C19H19N7O4. The maximum absolute atomic E-state index is 12.7. The van der Waals surface area contributed by atoms with Crippen molar-refractivity contribution < 1.29 is 14.5 Å². The number of aromatic nitrogens is 4. The molecule has 0 radical (unpaired) electrons. The largest absolute Gasteiger partial charge is 0.355 e. The summed E-state index contributed by atoms with van der Waals surface area (Å²) in [6.07, 6.45) is 6.47. The van der Waals surface area contributed by atoms with Crippen LogP contribution in [0.25, 0.3) is 0 Å². The van der Waals surface area contributed by atoms with Crippen molar-refractivity contribution >= 4 is 28.8 Å². The third-order valence-electron chi connectivity index (χ3n) is 5.02. The zero-order chi connectivity index (χ0) is 21.4. The van der Waals surface area contributed by atoms with Crippen molar-refractivity contribution in [2.75, 3.05) is 29.4 Å². The van der Waals surface area contributed by atoms with Gasteiger partial charge >= 0.3 is 0 Å². The first-order chi connectivity index (χ1) is 14.3. The molecule has 0 saturated carbocycles. The molecular weight excluding hydrogens is 390 g/mol. The van der Waals surface area contributed by atoms with Gasteiger partial charge in [-0.05, 0) is 12.1 Å². The van der Waals surface area contributed by atoms with Gasteiger partial charge in [0.1, 0.15) is 5.69 Å². The van der Waals surface area contributed by atoms with Gasteiger partial charge in [-0.2, -0.15) is 5.10 Å². The Morgan fingerprint density at radius 1 is 1.23 bits per heavy atom. The van der Waals surface area contributed by atoms with E-state index in [1.807, 2.05) is 0 Å². The molecule has 1 fully saturated rings. The molecule has 30 heavy (non-hydrogen) atoms. The van der Waals surface area contributed by atoms with Gasteiger partial charge < -0.3 is 14.4 Å². The highest BCUT2D eigenvalue weighted by molar-refractivity contribution is 6.07. The number of nitrogens with zero attached hydrogens (tertiary/aromatic N) is 7. The van der Waals surface area contributed by atoms with Crippen LogP contribution < -0.4 is 9.80 Å². The Bertz CT molecular complexity index is 1150. The summed E-state index contributed by atoms with van der Waals surface area (Å²) in [5.74, 6) is -0.399. The Labute approximate surface area is 171 Å². The number of carbonyl (C=O) groups is 2. The summed E-state index contributed by atoms with van der Waals surface area (Å²) in [5, 5.41) is 15.8. The van der Waals surface area contributed by atoms with Crippen molar-refractivity contribution in [1.82, 2.24) is 19.3 Å². The second-order valence-corrected chi connectivity index (χ2v) is 6.99. The number of nitro groups is 1. The minimum Gasteiger partial charge on any atom is -0.355 e. The monoisotopic (exact) mass is 409 g/mol. The lowest BCUT2D eigenvalue weighted by Gasteiger charge is -2.34. The summed E-state index contributed by atoms with van der Waals surface area (Å²) in [7, 11) is 3.44. The smallest absolute Gasteiger partial charge is 0.293 e. The summed E-state index contributed by atoms with van der Waals surface area (Å²) < 4.78 is 3.16. The molecule has 1 amide bonds. The zero-order valence-electron chi connectivity index (χ0n) is 16.4. The van der Waals surface area contributed by atoms with Crippen LogP contribution in [0.3, 0.4) is 0 Å². The average Bonchev–Trinajstić information content (AvgIpc) is 3.35. The van der Waals surface area contributed by atoms with E-state index in [9.17, 15) is 19.7 Å².